The molecule has 0 bridgehead atoms. The van der Waals surface area contributed by atoms with Crippen molar-refractivity contribution in [3.63, 3.8) is 0 Å². The number of benzene rings is 1. The molecule has 1 saturated heterocycles. The van der Waals surface area contributed by atoms with Crippen LogP contribution in [0.5, 0.6) is 0 Å². The van der Waals surface area contributed by atoms with E-state index in [1.54, 1.807) is 19.1 Å². The van der Waals surface area contributed by atoms with Gasteiger partial charge in [0.25, 0.3) is 0 Å². The summed E-state index contributed by atoms with van der Waals surface area (Å²) in [5.41, 5.74) is 0.955. The van der Waals surface area contributed by atoms with Crippen LogP contribution in [-0.4, -0.2) is 23.9 Å². The Labute approximate surface area is 124 Å². The molecule has 2 rings (SSSR count). The van der Waals surface area contributed by atoms with Gasteiger partial charge in [0.05, 0.1) is 5.69 Å². The van der Waals surface area contributed by atoms with Crippen LogP contribution < -0.4 is 10.2 Å². The molecule has 1 fully saturated rings. The zero-order valence-electron chi connectivity index (χ0n) is 12.8. The van der Waals surface area contributed by atoms with Gasteiger partial charge in [-0.05, 0) is 37.0 Å². The van der Waals surface area contributed by atoms with Gasteiger partial charge >= 0.3 is 0 Å². The molecule has 5 heteroatoms. The Morgan fingerprint density at radius 3 is 2.52 bits per heavy atom. The number of hydrogen-bond acceptors (Lipinski definition) is 2. The van der Waals surface area contributed by atoms with Gasteiger partial charge in [0.1, 0.15) is 17.9 Å². The van der Waals surface area contributed by atoms with Crippen molar-refractivity contribution in [2.75, 3.05) is 4.90 Å². The van der Waals surface area contributed by atoms with Crippen molar-refractivity contribution < 1.29 is 14.0 Å². The van der Waals surface area contributed by atoms with Gasteiger partial charge in [-0.15, -0.1) is 0 Å². The normalized spacial score (nSPS) is 22.7. The minimum atomic E-state index is -0.683. The molecule has 2 amide bonds. The second-order valence-electron chi connectivity index (χ2n) is 5.82. The van der Waals surface area contributed by atoms with Crippen molar-refractivity contribution in [3.8, 4) is 0 Å². The molecule has 114 valence electrons. The van der Waals surface area contributed by atoms with E-state index in [4.69, 9.17) is 0 Å². The van der Waals surface area contributed by atoms with Crippen molar-refractivity contribution in [1.29, 1.82) is 0 Å². The summed E-state index contributed by atoms with van der Waals surface area (Å²) in [4.78, 5) is 26.2. The number of carbonyl (C=O) groups is 2. The maximum atomic E-state index is 14.3. The first-order chi connectivity index (χ1) is 9.86. The molecule has 1 aromatic carbocycles. The predicted octanol–water partition coefficient (Wildman–Crippen LogP) is 2.40. The van der Waals surface area contributed by atoms with Gasteiger partial charge in [0.2, 0.25) is 11.8 Å². The molecule has 1 aliphatic rings. The standard InChI is InChI=1S/C16H21FN2O2/c1-5-12-16(21)19(14(9(2)3)15(20)18-12)13-7-6-10(4)8-11(13)17/h6-9,12,14H,5H2,1-4H3,(H,18,20). The molecule has 1 N–H and O–H groups in total. The molecule has 0 radical (unpaired) electrons. The lowest BCUT2D eigenvalue weighted by Crippen LogP contribution is -2.65. The Kier molecular flexibility index (Phi) is 4.30. The van der Waals surface area contributed by atoms with Crippen LogP contribution in [-0.2, 0) is 9.59 Å². The number of amides is 2. The summed E-state index contributed by atoms with van der Waals surface area (Å²) < 4.78 is 14.3. The van der Waals surface area contributed by atoms with Crippen molar-refractivity contribution in [2.45, 2.75) is 46.2 Å². The summed E-state index contributed by atoms with van der Waals surface area (Å²) in [7, 11) is 0. The van der Waals surface area contributed by atoms with Gasteiger partial charge < -0.3 is 5.32 Å². The second-order valence-corrected chi connectivity index (χ2v) is 5.82. The number of hydrogen-bond donors (Lipinski definition) is 1. The molecule has 0 aromatic heterocycles. The van der Waals surface area contributed by atoms with Crippen LogP contribution in [0.15, 0.2) is 18.2 Å². The summed E-state index contributed by atoms with van der Waals surface area (Å²) in [5.74, 6) is -1.05. The maximum Gasteiger partial charge on any atom is 0.250 e. The molecule has 1 aromatic rings. The number of rotatable bonds is 3. The van der Waals surface area contributed by atoms with Gasteiger partial charge in [-0.2, -0.15) is 0 Å². The van der Waals surface area contributed by atoms with E-state index in [2.05, 4.69) is 5.32 Å². The molecule has 0 aliphatic carbocycles. The number of halogens is 1. The minimum Gasteiger partial charge on any atom is -0.342 e. The molecular weight excluding hydrogens is 271 g/mol. The molecular formula is C16H21FN2O2. The number of nitrogens with zero attached hydrogens (tertiary/aromatic N) is 1. The van der Waals surface area contributed by atoms with Gasteiger partial charge in [0.15, 0.2) is 0 Å². The molecule has 1 aliphatic heterocycles. The Bertz CT molecular complexity index is 571. The van der Waals surface area contributed by atoms with E-state index in [0.29, 0.717) is 6.42 Å². The highest BCUT2D eigenvalue weighted by molar-refractivity contribution is 6.08. The summed E-state index contributed by atoms with van der Waals surface area (Å²) in [6, 6.07) is 3.43. The molecule has 0 spiro atoms. The first-order valence-electron chi connectivity index (χ1n) is 7.26. The largest absolute Gasteiger partial charge is 0.342 e. The van der Waals surface area contributed by atoms with Crippen LogP contribution >= 0.6 is 0 Å². The third-order valence-corrected chi connectivity index (χ3v) is 3.80. The summed E-state index contributed by atoms with van der Waals surface area (Å²) in [6.45, 7) is 7.31. The van der Waals surface area contributed by atoms with Crippen molar-refractivity contribution in [3.05, 3.63) is 29.6 Å². The number of anilines is 1. The molecule has 1 heterocycles. The number of aryl methyl sites for hydroxylation is 1. The number of nitrogens with one attached hydrogen (secondary N) is 1. The fraction of sp³-hybridized carbons (Fsp3) is 0.500. The van der Waals surface area contributed by atoms with Gasteiger partial charge in [0, 0.05) is 0 Å². The van der Waals surface area contributed by atoms with Crippen molar-refractivity contribution in [1.82, 2.24) is 5.32 Å². The van der Waals surface area contributed by atoms with Crippen molar-refractivity contribution >= 4 is 17.5 Å². The van der Waals surface area contributed by atoms with E-state index >= 15 is 0 Å². The number of carbonyl (C=O) groups excluding carboxylic acids is 2. The van der Waals surface area contributed by atoms with Gasteiger partial charge in [-0.1, -0.05) is 26.8 Å². The Morgan fingerprint density at radius 2 is 2.00 bits per heavy atom. The average molecular weight is 292 g/mol. The monoisotopic (exact) mass is 292 g/mol. The van der Waals surface area contributed by atoms with Gasteiger partial charge in [-0.3, -0.25) is 14.5 Å². The second kappa shape index (κ2) is 5.84. The SMILES string of the molecule is CCC1NC(=O)C(C(C)C)N(c2ccc(C)cc2F)C1=O. The highest BCUT2D eigenvalue weighted by atomic mass is 19.1. The highest BCUT2D eigenvalue weighted by Gasteiger charge is 2.42. The first kappa shape index (κ1) is 15.5. The lowest BCUT2D eigenvalue weighted by Gasteiger charge is -2.40. The quantitative estimate of drug-likeness (QED) is 0.930. The highest BCUT2D eigenvalue weighted by Crippen LogP contribution is 2.28. The lowest BCUT2D eigenvalue weighted by molar-refractivity contribution is -0.134. The molecule has 0 saturated carbocycles. The minimum absolute atomic E-state index is 0.104. The summed E-state index contributed by atoms with van der Waals surface area (Å²) >= 11 is 0. The fourth-order valence-electron chi connectivity index (χ4n) is 2.69. The maximum absolute atomic E-state index is 14.3. The van der Waals surface area contributed by atoms with E-state index in [-0.39, 0.29) is 23.4 Å². The zero-order chi connectivity index (χ0) is 15.7. The molecule has 2 atom stereocenters. The van der Waals surface area contributed by atoms with Crippen LogP contribution in [0.2, 0.25) is 0 Å². The molecule has 2 unspecified atom stereocenters. The van der Waals surface area contributed by atoms with E-state index < -0.39 is 17.9 Å². The Balaban J connectivity index is 2.52. The first-order valence-corrected chi connectivity index (χ1v) is 7.26. The van der Waals surface area contributed by atoms with Crippen LogP contribution in [0.4, 0.5) is 10.1 Å². The van der Waals surface area contributed by atoms with E-state index in [0.717, 1.165) is 5.56 Å². The smallest absolute Gasteiger partial charge is 0.250 e. The summed E-state index contributed by atoms with van der Waals surface area (Å²) in [6.07, 6.45) is 0.485. The topological polar surface area (TPSA) is 49.4 Å². The van der Waals surface area contributed by atoms with E-state index in [9.17, 15) is 14.0 Å². The Morgan fingerprint density at radius 1 is 1.33 bits per heavy atom. The molecule has 4 nitrogen and oxygen atoms in total. The van der Waals surface area contributed by atoms with Crippen LogP contribution in [0, 0.1) is 18.7 Å². The fourth-order valence-corrected chi connectivity index (χ4v) is 2.69. The van der Waals surface area contributed by atoms with Crippen LogP contribution in [0.1, 0.15) is 32.8 Å². The van der Waals surface area contributed by atoms with E-state index in [1.165, 1.54) is 11.0 Å². The summed E-state index contributed by atoms with van der Waals surface area (Å²) in [5, 5.41) is 2.73. The third kappa shape index (κ3) is 2.77. The van der Waals surface area contributed by atoms with Crippen molar-refractivity contribution in [2.24, 2.45) is 5.92 Å². The third-order valence-electron chi connectivity index (χ3n) is 3.80. The lowest BCUT2D eigenvalue weighted by atomic mass is 9.95. The number of piperazine rings is 1. The average Bonchev–Trinajstić information content (AvgIpc) is 2.40. The predicted molar refractivity (Wildman–Crippen MR) is 79.5 cm³/mol. The van der Waals surface area contributed by atoms with Crippen LogP contribution in [0.25, 0.3) is 0 Å². The van der Waals surface area contributed by atoms with Crippen LogP contribution in [0.3, 0.4) is 0 Å². The Hall–Kier alpha value is -1.91. The zero-order valence-corrected chi connectivity index (χ0v) is 12.8. The van der Waals surface area contributed by atoms with E-state index in [1.807, 2.05) is 20.8 Å². The molecule has 21 heavy (non-hydrogen) atoms. The van der Waals surface area contributed by atoms with Gasteiger partial charge in [-0.25, -0.2) is 4.39 Å².